The Morgan fingerprint density at radius 1 is 1.29 bits per heavy atom. The van der Waals surface area contributed by atoms with Crippen LogP contribution in [0.2, 0.25) is 0 Å². The number of aryl methyl sites for hydroxylation is 2. The van der Waals surface area contributed by atoms with E-state index in [-0.39, 0.29) is 18.2 Å². The summed E-state index contributed by atoms with van der Waals surface area (Å²) in [7, 11) is -4.62. The third-order valence-electron chi connectivity index (χ3n) is 4.58. The molecule has 0 aliphatic carbocycles. The molecule has 1 aromatic carbocycles. The molecule has 164 valence electrons. The van der Waals surface area contributed by atoms with Gasteiger partial charge in [-0.1, -0.05) is 0 Å². The zero-order valence-corrected chi connectivity index (χ0v) is 17.8. The van der Waals surface area contributed by atoms with Crippen molar-refractivity contribution >= 4 is 24.2 Å². The summed E-state index contributed by atoms with van der Waals surface area (Å²) in [4.78, 5) is 25.0. The molecule has 4 aromatic rings. The summed E-state index contributed by atoms with van der Waals surface area (Å²) < 4.78 is 43.3. The second-order valence-electron chi connectivity index (χ2n) is 7.09. The number of phosphoric ester groups is 1. The number of phosphoric acid groups is 1. The molecule has 3 heterocycles. The molecule has 3 aromatic heterocycles. The van der Waals surface area contributed by atoms with Crippen molar-refractivity contribution in [2.45, 2.75) is 26.9 Å². The largest absolute Gasteiger partial charge is 0.489 e. The minimum Gasteiger partial charge on any atom is -0.489 e. The molecule has 0 amide bonds. The smallest absolute Gasteiger partial charge is 0.469 e. The molecule has 0 radical (unpaired) electrons. The van der Waals surface area contributed by atoms with Crippen LogP contribution in [0.25, 0.3) is 16.4 Å². The van der Waals surface area contributed by atoms with E-state index in [4.69, 9.17) is 19.3 Å². The fourth-order valence-corrected chi connectivity index (χ4v) is 3.80. The molecular weight excluding hydrogens is 430 g/mol. The van der Waals surface area contributed by atoms with E-state index in [1.807, 2.05) is 6.92 Å². The highest BCUT2D eigenvalue weighted by molar-refractivity contribution is 7.46. The van der Waals surface area contributed by atoms with Crippen molar-refractivity contribution in [3.8, 4) is 17.4 Å². The van der Waals surface area contributed by atoms with Crippen LogP contribution in [-0.2, 0) is 9.09 Å². The van der Waals surface area contributed by atoms with Gasteiger partial charge in [-0.25, -0.2) is 13.5 Å². The summed E-state index contributed by atoms with van der Waals surface area (Å²) in [5, 5.41) is 4.53. The van der Waals surface area contributed by atoms with Crippen molar-refractivity contribution in [3.63, 3.8) is 0 Å². The first kappa shape index (κ1) is 21.3. The molecule has 31 heavy (non-hydrogen) atoms. The fraction of sp³-hybridized carbons (Fsp3) is 0.263. The van der Waals surface area contributed by atoms with Crippen molar-refractivity contribution in [1.82, 2.24) is 19.6 Å². The monoisotopic (exact) mass is 450 g/mol. The van der Waals surface area contributed by atoms with Crippen molar-refractivity contribution in [1.29, 1.82) is 0 Å². The second kappa shape index (κ2) is 7.93. The van der Waals surface area contributed by atoms with Crippen LogP contribution in [0.1, 0.15) is 18.2 Å². The van der Waals surface area contributed by atoms with E-state index in [1.54, 1.807) is 25.3 Å². The SMILES string of the molecule is Cc1cc2c(F)c(Oc3ncnn4cc(OC[C@@H](C)OP(=O)(O)O)c(C)c34)ccc2[nH]1. The van der Waals surface area contributed by atoms with E-state index < -0.39 is 19.7 Å². The lowest BCUT2D eigenvalue weighted by Crippen LogP contribution is -2.16. The van der Waals surface area contributed by atoms with Crippen LogP contribution in [-0.4, -0.2) is 42.1 Å². The fourth-order valence-electron chi connectivity index (χ4n) is 3.27. The Morgan fingerprint density at radius 2 is 2.06 bits per heavy atom. The van der Waals surface area contributed by atoms with Gasteiger partial charge in [-0.3, -0.25) is 4.52 Å². The number of hydrogen-bond donors (Lipinski definition) is 3. The standard InChI is InChI=1S/C19H20FN4O6P/c1-10-6-13-14(23-10)4-5-15(17(13)20)29-19-18-12(3)16(7-24(18)22-9-21-19)28-8-11(2)30-31(25,26)27/h4-7,9,11,23H,8H2,1-3H3,(H2,25,26,27)/t11-/m1/s1. The average molecular weight is 450 g/mol. The molecule has 0 unspecified atom stereocenters. The normalized spacial score (nSPS) is 13.1. The van der Waals surface area contributed by atoms with E-state index in [0.717, 1.165) is 5.69 Å². The lowest BCUT2D eigenvalue weighted by molar-refractivity contribution is 0.101. The van der Waals surface area contributed by atoms with Gasteiger partial charge in [0.25, 0.3) is 0 Å². The summed E-state index contributed by atoms with van der Waals surface area (Å²) in [6, 6.07) is 4.94. The number of H-pyrrole nitrogens is 1. The van der Waals surface area contributed by atoms with Gasteiger partial charge in [0.2, 0.25) is 5.88 Å². The zero-order chi connectivity index (χ0) is 22.3. The van der Waals surface area contributed by atoms with Crippen LogP contribution < -0.4 is 9.47 Å². The van der Waals surface area contributed by atoms with Gasteiger partial charge in [-0.2, -0.15) is 10.1 Å². The molecule has 4 rings (SSSR count). The van der Waals surface area contributed by atoms with Gasteiger partial charge < -0.3 is 24.2 Å². The minimum atomic E-state index is -4.62. The van der Waals surface area contributed by atoms with Crippen LogP contribution in [0.4, 0.5) is 4.39 Å². The number of fused-ring (bicyclic) bond motifs is 2. The Balaban J connectivity index is 1.62. The highest BCUT2D eigenvalue weighted by Crippen LogP contribution is 2.38. The van der Waals surface area contributed by atoms with Gasteiger partial charge in [0.15, 0.2) is 11.6 Å². The molecule has 1 atom stereocenters. The Morgan fingerprint density at radius 3 is 2.81 bits per heavy atom. The number of rotatable bonds is 7. The quantitative estimate of drug-likeness (QED) is 0.364. The summed E-state index contributed by atoms with van der Waals surface area (Å²) in [6.45, 7) is 4.94. The topological polar surface area (TPSA) is 131 Å². The van der Waals surface area contributed by atoms with Crippen molar-refractivity contribution < 1.29 is 32.7 Å². The van der Waals surface area contributed by atoms with Gasteiger partial charge in [-0.15, -0.1) is 0 Å². The van der Waals surface area contributed by atoms with Gasteiger partial charge in [0, 0.05) is 22.2 Å². The van der Waals surface area contributed by atoms with Crippen molar-refractivity contribution in [2.75, 3.05) is 6.61 Å². The number of aromatic amines is 1. The molecule has 0 bridgehead atoms. The van der Waals surface area contributed by atoms with E-state index in [2.05, 4.69) is 19.6 Å². The van der Waals surface area contributed by atoms with Crippen LogP contribution in [0.15, 0.2) is 30.7 Å². The molecule has 0 fully saturated rings. The number of halogens is 1. The maximum atomic E-state index is 14.9. The molecular formula is C19H20FN4O6P. The Bertz CT molecular complexity index is 1310. The first-order valence-electron chi connectivity index (χ1n) is 9.27. The summed E-state index contributed by atoms with van der Waals surface area (Å²) in [5.41, 5.74) is 2.57. The Hall–Kier alpha value is -2.98. The Labute approximate surface area is 175 Å². The van der Waals surface area contributed by atoms with Crippen molar-refractivity contribution in [3.05, 3.63) is 47.8 Å². The van der Waals surface area contributed by atoms with Crippen LogP contribution in [0.5, 0.6) is 17.4 Å². The van der Waals surface area contributed by atoms with E-state index in [0.29, 0.717) is 27.7 Å². The van der Waals surface area contributed by atoms with Gasteiger partial charge in [0.1, 0.15) is 30.3 Å². The summed E-state index contributed by atoms with van der Waals surface area (Å²) >= 11 is 0. The number of ether oxygens (including phenoxy) is 2. The highest BCUT2D eigenvalue weighted by atomic mass is 31.2. The van der Waals surface area contributed by atoms with Crippen LogP contribution >= 0.6 is 7.82 Å². The predicted octanol–water partition coefficient (Wildman–Crippen LogP) is 3.64. The lowest BCUT2D eigenvalue weighted by Gasteiger charge is -2.14. The van der Waals surface area contributed by atoms with Crippen LogP contribution in [0.3, 0.4) is 0 Å². The van der Waals surface area contributed by atoms with Gasteiger partial charge in [-0.05, 0) is 39.0 Å². The highest BCUT2D eigenvalue weighted by Gasteiger charge is 2.21. The molecule has 0 saturated heterocycles. The average Bonchev–Trinajstić information content (AvgIpc) is 3.21. The number of benzene rings is 1. The lowest BCUT2D eigenvalue weighted by atomic mass is 10.2. The summed E-state index contributed by atoms with van der Waals surface area (Å²) in [6.07, 6.45) is 1.98. The molecule has 0 aliphatic heterocycles. The first-order chi connectivity index (χ1) is 14.6. The molecule has 3 N–H and O–H groups in total. The molecule has 0 spiro atoms. The molecule has 0 aliphatic rings. The Kier molecular flexibility index (Phi) is 5.44. The third kappa shape index (κ3) is 4.40. The number of nitrogens with zero attached hydrogens (tertiary/aromatic N) is 3. The zero-order valence-electron chi connectivity index (χ0n) is 16.9. The summed E-state index contributed by atoms with van der Waals surface area (Å²) in [5.74, 6) is 0.0256. The molecule has 12 heteroatoms. The number of aromatic nitrogens is 4. The van der Waals surface area contributed by atoms with E-state index in [9.17, 15) is 8.96 Å². The minimum absolute atomic E-state index is 0.0128. The maximum Gasteiger partial charge on any atom is 0.469 e. The third-order valence-corrected chi connectivity index (χ3v) is 5.22. The number of nitrogens with one attached hydrogen (secondary N) is 1. The van der Waals surface area contributed by atoms with Gasteiger partial charge in [0.05, 0.1) is 6.20 Å². The number of hydrogen-bond acceptors (Lipinski definition) is 6. The van der Waals surface area contributed by atoms with Gasteiger partial charge >= 0.3 is 7.82 Å². The van der Waals surface area contributed by atoms with Crippen molar-refractivity contribution in [2.24, 2.45) is 0 Å². The van der Waals surface area contributed by atoms with E-state index in [1.165, 1.54) is 23.8 Å². The van der Waals surface area contributed by atoms with E-state index >= 15 is 0 Å². The maximum absolute atomic E-state index is 14.9. The predicted molar refractivity (Wildman–Crippen MR) is 109 cm³/mol. The first-order valence-corrected chi connectivity index (χ1v) is 10.8. The molecule has 0 saturated carbocycles. The molecule has 10 nitrogen and oxygen atoms in total. The second-order valence-corrected chi connectivity index (χ2v) is 8.28. The van der Waals surface area contributed by atoms with Crippen LogP contribution in [0, 0.1) is 19.7 Å².